The molecule has 0 fully saturated rings. The summed E-state index contributed by atoms with van der Waals surface area (Å²) in [6.45, 7) is 7.31. The molecule has 0 aromatic rings. The normalized spacial score (nSPS) is 13.4. The van der Waals surface area contributed by atoms with Gasteiger partial charge in [0.25, 0.3) is 0 Å². The maximum Gasteiger partial charge on any atom is 0.305 e. The highest BCUT2D eigenvalue weighted by atomic mass is 16.4. The zero-order chi connectivity index (χ0) is 11.4. The van der Waals surface area contributed by atoms with Crippen LogP contribution in [0.3, 0.4) is 0 Å². The molecule has 0 aromatic heterocycles. The number of nitrogens with one attached hydrogen (secondary N) is 1. The van der Waals surface area contributed by atoms with Crippen molar-refractivity contribution >= 4 is 11.9 Å². The third-order valence-electron chi connectivity index (χ3n) is 2.36. The Hall–Kier alpha value is -1.06. The SMILES string of the molecule is CCC(C)(C)C(=O)NC(C)CC(=O)O. The minimum absolute atomic E-state index is 0.0362. The first kappa shape index (κ1) is 12.9. The van der Waals surface area contributed by atoms with E-state index in [1.165, 1.54) is 0 Å². The first-order chi connectivity index (χ1) is 6.29. The van der Waals surface area contributed by atoms with Crippen LogP contribution in [0.25, 0.3) is 0 Å². The molecule has 0 aromatic carbocycles. The summed E-state index contributed by atoms with van der Waals surface area (Å²) in [5.74, 6) is -0.985. The molecule has 1 atom stereocenters. The van der Waals surface area contributed by atoms with Crippen molar-refractivity contribution in [3.8, 4) is 0 Å². The van der Waals surface area contributed by atoms with E-state index in [9.17, 15) is 9.59 Å². The van der Waals surface area contributed by atoms with E-state index in [0.29, 0.717) is 0 Å². The molecule has 0 aliphatic heterocycles. The third-order valence-corrected chi connectivity index (χ3v) is 2.36. The minimum atomic E-state index is -0.896. The number of amides is 1. The Morgan fingerprint density at radius 2 is 1.93 bits per heavy atom. The van der Waals surface area contributed by atoms with Crippen molar-refractivity contribution in [2.45, 2.75) is 46.6 Å². The van der Waals surface area contributed by atoms with E-state index < -0.39 is 11.4 Å². The van der Waals surface area contributed by atoms with Crippen molar-refractivity contribution in [1.82, 2.24) is 5.32 Å². The van der Waals surface area contributed by atoms with Gasteiger partial charge in [-0.15, -0.1) is 0 Å². The van der Waals surface area contributed by atoms with E-state index in [2.05, 4.69) is 5.32 Å². The Kier molecular flexibility index (Phi) is 4.60. The average Bonchev–Trinajstić information content (AvgIpc) is 2.02. The zero-order valence-electron chi connectivity index (χ0n) is 9.26. The van der Waals surface area contributed by atoms with Crippen LogP contribution in [0.2, 0.25) is 0 Å². The van der Waals surface area contributed by atoms with Crippen LogP contribution in [0, 0.1) is 5.41 Å². The Balaban J connectivity index is 4.12. The van der Waals surface area contributed by atoms with E-state index >= 15 is 0 Å². The Labute approximate surface area is 84.7 Å². The molecule has 14 heavy (non-hydrogen) atoms. The summed E-state index contributed by atoms with van der Waals surface area (Å²) in [5.41, 5.74) is -0.424. The predicted molar refractivity (Wildman–Crippen MR) is 53.9 cm³/mol. The second-order valence-electron chi connectivity index (χ2n) is 4.21. The van der Waals surface area contributed by atoms with Gasteiger partial charge in [-0.3, -0.25) is 9.59 Å². The quantitative estimate of drug-likeness (QED) is 0.706. The summed E-state index contributed by atoms with van der Waals surface area (Å²) in [5, 5.41) is 11.2. The number of hydrogen-bond acceptors (Lipinski definition) is 2. The Morgan fingerprint density at radius 3 is 2.29 bits per heavy atom. The molecule has 82 valence electrons. The summed E-state index contributed by atoms with van der Waals surface area (Å²) < 4.78 is 0. The highest BCUT2D eigenvalue weighted by Crippen LogP contribution is 2.19. The molecule has 1 amide bonds. The molecule has 0 bridgehead atoms. The highest BCUT2D eigenvalue weighted by molar-refractivity contribution is 5.82. The Bertz CT molecular complexity index is 223. The summed E-state index contributed by atoms with van der Waals surface area (Å²) in [6.07, 6.45) is 0.699. The van der Waals surface area contributed by atoms with Crippen LogP contribution in [0.4, 0.5) is 0 Å². The fraction of sp³-hybridized carbons (Fsp3) is 0.800. The maximum atomic E-state index is 11.6. The molecule has 0 radical (unpaired) electrons. The maximum absolute atomic E-state index is 11.6. The lowest BCUT2D eigenvalue weighted by atomic mass is 9.89. The molecule has 0 spiro atoms. The first-order valence-electron chi connectivity index (χ1n) is 4.82. The van der Waals surface area contributed by atoms with Gasteiger partial charge in [-0.1, -0.05) is 20.8 Å². The summed E-state index contributed by atoms with van der Waals surface area (Å²) in [6, 6.07) is -0.314. The van der Waals surface area contributed by atoms with Crippen LogP contribution < -0.4 is 5.32 Å². The van der Waals surface area contributed by atoms with Crippen LogP contribution in [0.15, 0.2) is 0 Å². The van der Waals surface area contributed by atoms with Gasteiger partial charge in [0.05, 0.1) is 6.42 Å². The van der Waals surface area contributed by atoms with Gasteiger partial charge in [-0.25, -0.2) is 0 Å². The molecule has 4 nitrogen and oxygen atoms in total. The van der Waals surface area contributed by atoms with Crippen LogP contribution in [0.1, 0.15) is 40.5 Å². The monoisotopic (exact) mass is 201 g/mol. The van der Waals surface area contributed by atoms with E-state index in [1.54, 1.807) is 6.92 Å². The lowest BCUT2D eigenvalue weighted by molar-refractivity contribution is -0.138. The lowest BCUT2D eigenvalue weighted by Crippen LogP contribution is -2.42. The molecule has 2 N–H and O–H groups in total. The molecule has 0 aliphatic rings. The molecule has 1 unspecified atom stereocenters. The first-order valence-corrected chi connectivity index (χ1v) is 4.82. The van der Waals surface area contributed by atoms with Crippen molar-refractivity contribution in [2.75, 3.05) is 0 Å². The van der Waals surface area contributed by atoms with Crippen molar-refractivity contribution in [2.24, 2.45) is 5.41 Å². The van der Waals surface area contributed by atoms with E-state index in [1.807, 2.05) is 20.8 Å². The third kappa shape index (κ3) is 4.25. The van der Waals surface area contributed by atoms with Gasteiger partial charge in [0.2, 0.25) is 5.91 Å². The van der Waals surface area contributed by atoms with E-state index in [0.717, 1.165) is 6.42 Å². The van der Waals surface area contributed by atoms with Gasteiger partial charge >= 0.3 is 5.97 Å². The van der Waals surface area contributed by atoms with Crippen LogP contribution >= 0.6 is 0 Å². The number of carboxylic acid groups (broad SMARTS) is 1. The minimum Gasteiger partial charge on any atom is -0.481 e. The second-order valence-corrected chi connectivity index (χ2v) is 4.21. The average molecular weight is 201 g/mol. The molecule has 0 saturated heterocycles. The Morgan fingerprint density at radius 1 is 1.43 bits per heavy atom. The van der Waals surface area contributed by atoms with Gasteiger partial charge in [0, 0.05) is 11.5 Å². The summed E-state index contributed by atoms with van der Waals surface area (Å²) in [4.78, 5) is 21.9. The number of carbonyl (C=O) groups is 2. The number of carbonyl (C=O) groups excluding carboxylic acids is 1. The molecule has 0 aliphatic carbocycles. The smallest absolute Gasteiger partial charge is 0.305 e. The largest absolute Gasteiger partial charge is 0.481 e. The standard InChI is InChI=1S/C10H19NO3/c1-5-10(3,4)9(14)11-7(2)6-8(12)13/h7H,5-6H2,1-4H3,(H,11,14)(H,12,13). The number of carboxylic acids is 1. The highest BCUT2D eigenvalue weighted by Gasteiger charge is 2.26. The summed E-state index contributed by atoms with van der Waals surface area (Å²) in [7, 11) is 0. The summed E-state index contributed by atoms with van der Waals surface area (Å²) >= 11 is 0. The van der Waals surface area contributed by atoms with E-state index in [-0.39, 0.29) is 18.4 Å². The van der Waals surface area contributed by atoms with Gasteiger partial charge in [-0.2, -0.15) is 0 Å². The topological polar surface area (TPSA) is 66.4 Å². The molecule has 4 heteroatoms. The van der Waals surface area contributed by atoms with Gasteiger partial charge in [0.15, 0.2) is 0 Å². The lowest BCUT2D eigenvalue weighted by Gasteiger charge is -2.23. The van der Waals surface area contributed by atoms with Gasteiger partial charge < -0.3 is 10.4 Å². The second kappa shape index (κ2) is 4.98. The van der Waals surface area contributed by atoms with Crippen LogP contribution in [0.5, 0.6) is 0 Å². The molecule has 0 heterocycles. The molecular formula is C10H19NO3. The number of rotatable bonds is 5. The van der Waals surface area contributed by atoms with Gasteiger partial charge in [-0.05, 0) is 13.3 Å². The van der Waals surface area contributed by atoms with Crippen LogP contribution in [-0.2, 0) is 9.59 Å². The van der Waals surface area contributed by atoms with Crippen molar-refractivity contribution < 1.29 is 14.7 Å². The van der Waals surface area contributed by atoms with E-state index in [4.69, 9.17) is 5.11 Å². The molecule has 0 rings (SSSR count). The fourth-order valence-corrected chi connectivity index (χ4v) is 0.893. The number of hydrogen-bond donors (Lipinski definition) is 2. The number of aliphatic carboxylic acids is 1. The molecule has 0 saturated carbocycles. The zero-order valence-corrected chi connectivity index (χ0v) is 9.26. The van der Waals surface area contributed by atoms with Crippen molar-refractivity contribution in [1.29, 1.82) is 0 Å². The predicted octanol–water partition coefficient (Wildman–Crippen LogP) is 1.40. The van der Waals surface area contributed by atoms with Crippen molar-refractivity contribution in [3.63, 3.8) is 0 Å². The van der Waals surface area contributed by atoms with Gasteiger partial charge in [0.1, 0.15) is 0 Å². The van der Waals surface area contributed by atoms with Crippen LogP contribution in [-0.4, -0.2) is 23.0 Å². The fourth-order valence-electron chi connectivity index (χ4n) is 0.893. The van der Waals surface area contributed by atoms with Crippen molar-refractivity contribution in [3.05, 3.63) is 0 Å². The molecular weight excluding hydrogens is 182 g/mol.